The van der Waals surface area contributed by atoms with E-state index in [0.717, 1.165) is 0 Å². The van der Waals surface area contributed by atoms with Crippen LogP contribution in [-0.4, -0.2) is 22.3 Å². The highest BCUT2D eigenvalue weighted by atomic mass is 79.9. The van der Waals surface area contributed by atoms with Crippen molar-refractivity contribution in [3.05, 3.63) is 53.8 Å². The number of benzene rings is 2. The van der Waals surface area contributed by atoms with E-state index in [1.54, 1.807) is 6.07 Å². The van der Waals surface area contributed by atoms with E-state index in [-0.39, 0.29) is 17.1 Å². The number of phenolic OH excluding ortho intramolecular Hbond substituents is 2. The minimum absolute atomic E-state index is 0.00596. The second-order valence-electron chi connectivity index (χ2n) is 4.28. The van der Waals surface area contributed by atoms with Crippen molar-refractivity contribution >= 4 is 71.5 Å². The zero-order valence-corrected chi connectivity index (χ0v) is 16.7. The topological polar surface area (TPSA) is 81.9 Å². The van der Waals surface area contributed by atoms with Gasteiger partial charge in [0.2, 0.25) is 0 Å². The lowest BCUT2D eigenvalue weighted by atomic mass is 10.2. The molecule has 1 amide bonds. The summed E-state index contributed by atoms with van der Waals surface area (Å²) in [4.78, 5) is 12.0. The molecule has 0 heterocycles. The van der Waals surface area contributed by atoms with Gasteiger partial charge < -0.3 is 10.2 Å². The first kappa shape index (κ1) is 18.3. The van der Waals surface area contributed by atoms with E-state index in [2.05, 4.69) is 58.3 Å². The number of carbonyl (C=O) groups excluding carboxylic acids is 1. The van der Waals surface area contributed by atoms with Crippen molar-refractivity contribution in [3.63, 3.8) is 0 Å². The zero-order valence-electron chi connectivity index (χ0n) is 11.1. The first-order chi connectivity index (χ1) is 10.8. The fraction of sp³-hybridized carbons (Fsp3) is 0. The Bertz CT molecular complexity index is 812. The molecule has 0 saturated heterocycles. The van der Waals surface area contributed by atoms with E-state index in [1.807, 2.05) is 0 Å². The largest absolute Gasteiger partial charge is 0.507 e. The molecule has 120 valence electrons. The number of hydrogen-bond acceptors (Lipinski definition) is 4. The molecule has 0 spiro atoms. The molecular formula is C14H8Br3ClN2O3. The van der Waals surface area contributed by atoms with Crippen LogP contribution in [0.25, 0.3) is 0 Å². The molecule has 0 atom stereocenters. The molecule has 0 fully saturated rings. The first-order valence-electron chi connectivity index (χ1n) is 5.99. The number of rotatable bonds is 3. The van der Waals surface area contributed by atoms with E-state index in [4.69, 9.17) is 11.6 Å². The summed E-state index contributed by atoms with van der Waals surface area (Å²) in [5, 5.41) is 23.6. The van der Waals surface area contributed by atoms with Gasteiger partial charge in [-0.05, 0) is 56.1 Å². The van der Waals surface area contributed by atoms with Gasteiger partial charge in [0, 0.05) is 15.1 Å². The van der Waals surface area contributed by atoms with Crippen molar-refractivity contribution < 1.29 is 15.0 Å². The minimum Gasteiger partial charge on any atom is -0.507 e. The summed E-state index contributed by atoms with van der Waals surface area (Å²) >= 11 is 15.6. The third kappa shape index (κ3) is 4.26. The maximum atomic E-state index is 12.0. The number of aromatic hydroxyl groups is 2. The van der Waals surface area contributed by atoms with E-state index in [0.29, 0.717) is 24.0 Å². The van der Waals surface area contributed by atoms with Crippen molar-refractivity contribution in [2.24, 2.45) is 5.10 Å². The van der Waals surface area contributed by atoms with Crippen LogP contribution in [-0.2, 0) is 0 Å². The molecule has 0 saturated carbocycles. The van der Waals surface area contributed by atoms with E-state index in [1.165, 1.54) is 24.4 Å². The number of nitrogens with one attached hydrogen (secondary N) is 1. The van der Waals surface area contributed by atoms with E-state index >= 15 is 0 Å². The summed E-state index contributed by atoms with van der Waals surface area (Å²) in [6.45, 7) is 0. The zero-order chi connectivity index (χ0) is 17.1. The highest BCUT2D eigenvalue weighted by molar-refractivity contribution is 9.11. The lowest BCUT2D eigenvalue weighted by Crippen LogP contribution is -2.17. The van der Waals surface area contributed by atoms with Crippen LogP contribution in [0.5, 0.6) is 11.5 Å². The summed E-state index contributed by atoms with van der Waals surface area (Å²) in [5.74, 6) is -0.811. The molecule has 0 unspecified atom stereocenters. The Morgan fingerprint density at radius 1 is 1.17 bits per heavy atom. The molecule has 2 rings (SSSR count). The SMILES string of the molecule is O=C(N/N=C/c1c(Br)cc(Br)c(O)c1Br)c1cc(Cl)ccc1O. The van der Waals surface area contributed by atoms with Gasteiger partial charge in [-0.2, -0.15) is 5.10 Å². The van der Waals surface area contributed by atoms with Crippen molar-refractivity contribution in [2.75, 3.05) is 0 Å². The summed E-state index contributed by atoms with van der Waals surface area (Å²) in [5.41, 5.74) is 2.82. The van der Waals surface area contributed by atoms with Crippen LogP contribution in [0.1, 0.15) is 15.9 Å². The molecule has 9 heteroatoms. The monoisotopic (exact) mass is 524 g/mol. The van der Waals surface area contributed by atoms with Gasteiger partial charge in [-0.3, -0.25) is 4.79 Å². The van der Waals surface area contributed by atoms with Crippen LogP contribution in [0.4, 0.5) is 0 Å². The maximum Gasteiger partial charge on any atom is 0.275 e. The normalized spacial score (nSPS) is 11.0. The fourth-order valence-electron chi connectivity index (χ4n) is 1.62. The van der Waals surface area contributed by atoms with E-state index < -0.39 is 5.91 Å². The number of hydrogen-bond donors (Lipinski definition) is 3. The molecule has 2 aromatic rings. The Morgan fingerprint density at radius 3 is 2.57 bits per heavy atom. The molecule has 23 heavy (non-hydrogen) atoms. The molecule has 0 aliphatic heterocycles. The van der Waals surface area contributed by atoms with Gasteiger partial charge in [0.25, 0.3) is 5.91 Å². The summed E-state index contributed by atoms with van der Waals surface area (Å²) < 4.78 is 1.56. The van der Waals surface area contributed by atoms with Gasteiger partial charge in [-0.15, -0.1) is 0 Å². The van der Waals surface area contributed by atoms with Gasteiger partial charge in [0.15, 0.2) is 0 Å². The molecule has 5 nitrogen and oxygen atoms in total. The summed E-state index contributed by atoms with van der Waals surface area (Å²) in [6, 6.07) is 5.77. The summed E-state index contributed by atoms with van der Waals surface area (Å²) in [6.07, 6.45) is 1.35. The van der Waals surface area contributed by atoms with Crippen LogP contribution in [0.3, 0.4) is 0 Å². The Hall–Kier alpha value is -1.09. The standard InChI is InChI=1S/C14H8Br3ClN2O3/c15-9-4-10(16)13(22)12(17)8(9)5-19-20-14(23)7-3-6(18)1-2-11(7)21/h1-5,21-22H,(H,20,23)/b19-5+. The van der Waals surface area contributed by atoms with Gasteiger partial charge >= 0.3 is 0 Å². The maximum absolute atomic E-state index is 12.0. The molecule has 0 aliphatic carbocycles. The Morgan fingerprint density at radius 2 is 1.87 bits per heavy atom. The predicted octanol–water partition coefficient (Wildman–Crippen LogP) is 4.80. The molecular weight excluding hydrogens is 519 g/mol. The van der Waals surface area contributed by atoms with E-state index in [9.17, 15) is 15.0 Å². The Labute approximate surface area is 161 Å². The van der Waals surface area contributed by atoms with Crippen LogP contribution < -0.4 is 5.43 Å². The highest BCUT2D eigenvalue weighted by Gasteiger charge is 2.13. The second kappa shape index (κ2) is 7.65. The number of halogens is 4. The number of hydrazone groups is 1. The van der Waals surface area contributed by atoms with Crippen molar-refractivity contribution in [1.29, 1.82) is 0 Å². The smallest absolute Gasteiger partial charge is 0.275 e. The number of phenols is 2. The quantitative estimate of drug-likeness (QED) is 0.396. The lowest BCUT2D eigenvalue weighted by Gasteiger charge is -2.07. The van der Waals surface area contributed by atoms with Gasteiger partial charge in [0.05, 0.1) is 20.7 Å². The third-order valence-electron chi connectivity index (χ3n) is 2.74. The Balaban J connectivity index is 2.21. The lowest BCUT2D eigenvalue weighted by molar-refractivity contribution is 0.0952. The number of carbonyl (C=O) groups is 1. The predicted molar refractivity (Wildman–Crippen MR) is 99.4 cm³/mol. The second-order valence-corrected chi connectivity index (χ2v) is 7.22. The average Bonchev–Trinajstić information content (AvgIpc) is 2.50. The van der Waals surface area contributed by atoms with Gasteiger partial charge in [-0.25, -0.2) is 5.43 Å². The van der Waals surface area contributed by atoms with Crippen LogP contribution in [0.2, 0.25) is 5.02 Å². The van der Waals surface area contributed by atoms with Crippen molar-refractivity contribution in [1.82, 2.24) is 5.43 Å². The first-order valence-corrected chi connectivity index (χ1v) is 8.75. The molecule has 0 bridgehead atoms. The molecule has 2 aromatic carbocycles. The van der Waals surface area contributed by atoms with Crippen molar-refractivity contribution in [3.8, 4) is 11.5 Å². The third-order valence-corrected chi connectivity index (χ3v) is 5.04. The van der Waals surface area contributed by atoms with Crippen LogP contribution in [0, 0.1) is 0 Å². The number of amides is 1. The molecule has 3 N–H and O–H groups in total. The summed E-state index contributed by atoms with van der Waals surface area (Å²) in [7, 11) is 0. The van der Waals surface area contributed by atoms with Crippen molar-refractivity contribution in [2.45, 2.75) is 0 Å². The fourth-order valence-corrected chi connectivity index (χ4v) is 4.12. The van der Waals surface area contributed by atoms with Gasteiger partial charge in [-0.1, -0.05) is 27.5 Å². The van der Waals surface area contributed by atoms with Gasteiger partial charge in [0.1, 0.15) is 11.5 Å². The minimum atomic E-state index is -0.616. The average molecular weight is 527 g/mol. The van der Waals surface area contributed by atoms with Crippen LogP contribution >= 0.6 is 59.4 Å². The van der Waals surface area contributed by atoms with Crippen LogP contribution in [0.15, 0.2) is 42.8 Å². The molecule has 0 radical (unpaired) electrons. The molecule has 0 aliphatic rings. The molecule has 0 aromatic heterocycles. The number of nitrogens with zero attached hydrogens (tertiary/aromatic N) is 1. The highest BCUT2D eigenvalue weighted by Crippen LogP contribution is 2.38. The Kier molecular flexibility index (Phi) is 6.07.